The van der Waals surface area contributed by atoms with Gasteiger partial charge in [0.1, 0.15) is 0 Å². The summed E-state index contributed by atoms with van der Waals surface area (Å²) in [5, 5.41) is 7.08. The van der Waals surface area contributed by atoms with Crippen molar-refractivity contribution in [1.82, 2.24) is 15.6 Å². The molecular weight excluding hydrogens is 1410 g/mol. The van der Waals surface area contributed by atoms with Gasteiger partial charge in [-0.05, 0) is 19.4 Å². The van der Waals surface area contributed by atoms with E-state index in [-0.39, 0.29) is 431 Å². The van der Waals surface area contributed by atoms with E-state index in [2.05, 4.69) is 71.6 Å². The zero-order chi connectivity index (χ0) is 15.6. The number of nitrogens with zero attached hydrogens (tertiary/aromatic N) is 1. The molecule has 0 amide bonds. The molecule has 0 saturated heterocycles. The van der Waals surface area contributed by atoms with Crippen molar-refractivity contribution < 1.29 is 425 Å². The summed E-state index contributed by atoms with van der Waals surface area (Å²) >= 11 is 0. The molecule has 2 rings (SSSR count). The van der Waals surface area contributed by atoms with Crippen molar-refractivity contribution in [3.05, 3.63) is 47.5 Å². The SMILES string of the molecule is Cc1c2nc(c(C)c1C)C(C)NC(C)[CH-]C[CH-]C(C)N[CH-]2.[Y].[Y].[Y].[Y].[Y].[Y].[Y].[Y].[Y].[Y].[Y].[Y].[Y]. The fourth-order valence-corrected chi connectivity index (χ4v) is 2.83. The van der Waals surface area contributed by atoms with Crippen LogP contribution in [0.25, 0.3) is 0 Å². The predicted octanol–water partition coefficient (Wildman–Crippen LogP) is 3.31. The molecular formula is C18H28N3Y13-3. The molecule has 0 fully saturated rings. The number of pyridine rings is 1. The third-order valence-electron chi connectivity index (χ3n) is 4.52. The van der Waals surface area contributed by atoms with E-state index in [4.69, 9.17) is 4.98 Å². The molecule has 1 aliphatic rings. The van der Waals surface area contributed by atoms with E-state index in [1.54, 1.807) is 0 Å². The van der Waals surface area contributed by atoms with Gasteiger partial charge in [0.2, 0.25) is 0 Å². The van der Waals surface area contributed by atoms with Crippen molar-refractivity contribution in [1.29, 1.82) is 0 Å². The van der Waals surface area contributed by atoms with Crippen LogP contribution in [0.4, 0.5) is 0 Å². The quantitative estimate of drug-likeness (QED) is 0.393. The predicted molar refractivity (Wildman–Crippen MR) is 88.7 cm³/mol. The van der Waals surface area contributed by atoms with Crippen molar-refractivity contribution in [3.8, 4) is 0 Å². The Kier molecular flexibility index (Phi) is 116. The van der Waals surface area contributed by atoms with Crippen molar-refractivity contribution in [2.24, 2.45) is 0 Å². The first-order chi connectivity index (χ1) is 9.90. The maximum absolute atomic E-state index is 4.91. The fourth-order valence-electron chi connectivity index (χ4n) is 2.83. The molecule has 2 heterocycles. The molecule has 2 N–H and O–H groups in total. The zero-order valence-corrected chi connectivity index (χ0v) is 58.5. The van der Waals surface area contributed by atoms with Gasteiger partial charge in [-0.3, -0.25) is 4.98 Å². The van der Waals surface area contributed by atoms with Crippen LogP contribution < -0.4 is 10.6 Å². The Balaban J connectivity index is -0.0000000372. The molecule has 3 nitrogen and oxygen atoms in total. The van der Waals surface area contributed by atoms with Crippen LogP contribution in [-0.2, 0) is 425 Å². The van der Waals surface area contributed by atoms with Crippen LogP contribution in [0.2, 0.25) is 0 Å². The summed E-state index contributed by atoms with van der Waals surface area (Å²) in [6.45, 7) is 15.2. The van der Waals surface area contributed by atoms with Gasteiger partial charge in [0.15, 0.2) is 0 Å². The minimum atomic E-state index is 0. The normalized spacial score (nSPS) is 16.9. The molecule has 3 atom stereocenters. The molecule has 0 aromatic carbocycles. The molecule has 16 heteroatoms. The Morgan fingerprint density at radius 2 is 1.03 bits per heavy atom. The first-order valence-electron chi connectivity index (χ1n) is 7.89. The van der Waals surface area contributed by atoms with E-state index in [9.17, 15) is 0 Å². The Hall–Kier alpha value is 13.3. The average Bonchev–Trinajstić information content (AvgIpc) is 2.42. The standard InChI is InChI=1S/C18H28N3.13Y/c1-11-8-7-9-12(2)20-16(6)18-15(5)13(3)14(4)17(21-18)10-19-11;;;;;;;;;;;;;/h8-12,16,19-20H,7H2,1-6H3;;;;;;;;;;;;;/q-3;;;;;;;;;;;;;. The molecule has 1 aliphatic heterocycles. The molecule has 1 aromatic heterocycles. The molecule has 2 bridgehead atoms. The van der Waals surface area contributed by atoms with Crippen LogP contribution in [0.5, 0.6) is 0 Å². The van der Waals surface area contributed by atoms with Gasteiger partial charge in [-0.2, -0.15) is 5.56 Å². The van der Waals surface area contributed by atoms with Gasteiger partial charge >= 0.3 is 0 Å². The summed E-state index contributed by atoms with van der Waals surface area (Å²) in [6, 6.07) is 0.967. The second-order valence-electron chi connectivity index (χ2n) is 6.24. The largest absolute Gasteiger partial charge is 0.397 e. The molecule has 1 aromatic rings. The van der Waals surface area contributed by atoms with E-state index in [0.717, 1.165) is 17.8 Å². The Morgan fingerprint density at radius 1 is 0.618 bits per heavy atom. The monoisotopic (exact) mass is 1440 g/mol. The van der Waals surface area contributed by atoms with Crippen LogP contribution >= 0.6 is 0 Å². The summed E-state index contributed by atoms with van der Waals surface area (Å²) in [7, 11) is 0. The Morgan fingerprint density at radius 3 is 1.47 bits per heavy atom. The van der Waals surface area contributed by atoms with E-state index >= 15 is 0 Å². The minimum Gasteiger partial charge on any atom is -0.397 e. The summed E-state index contributed by atoms with van der Waals surface area (Å²) < 4.78 is 0. The van der Waals surface area contributed by atoms with Gasteiger partial charge in [-0.1, -0.05) is 26.5 Å². The molecule has 13 radical (unpaired) electrons. The number of hydrogen-bond acceptors (Lipinski definition) is 3. The summed E-state index contributed by atoms with van der Waals surface area (Å²) in [6.07, 6.45) is 5.60. The summed E-state index contributed by atoms with van der Waals surface area (Å²) in [4.78, 5) is 4.91. The molecule has 157 valence electrons. The van der Waals surface area contributed by atoms with Crippen LogP contribution in [0.3, 0.4) is 0 Å². The average molecular weight is 1440 g/mol. The van der Waals surface area contributed by atoms with Crippen LogP contribution in [0.1, 0.15) is 61.3 Å². The van der Waals surface area contributed by atoms with Crippen molar-refractivity contribution in [2.45, 2.75) is 66.1 Å². The molecule has 0 aliphatic carbocycles. The molecule has 0 saturated carbocycles. The third kappa shape index (κ3) is 32.5. The van der Waals surface area contributed by atoms with E-state index in [0.29, 0.717) is 12.1 Å². The number of fused-ring (bicyclic) bond motifs is 2. The minimum absolute atomic E-state index is 0. The second-order valence-corrected chi connectivity index (χ2v) is 6.24. The smallest absolute Gasteiger partial charge is 0.0556 e. The zero-order valence-electron chi connectivity index (χ0n) is 21.6. The van der Waals surface area contributed by atoms with Gasteiger partial charge in [-0.25, -0.2) is 0 Å². The van der Waals surface area contributed by atoms with Crippen molar-refractivity contribution in [2.75, 3.05) is 0 Å². The van der Waals surface area contributed by atoms with E-state index in [1.165, 1.54) is 16.7 Å². The fraction of sp³-hybridized carbons (Fsp3) is 0.556. The van der Waals surface area contributed by atoms with Gasteiger partial charge in [-0.15, -0.1) is 31.1 Å². The van der Waals surface area contributed by atoms with Crippen molar-refractivity contribution in [3.63, 3.8) is 0 Å². The number of aromatic nitrogens is 1. The summed E-state index contributed by atoms with van der Waals surface area (Å²) in [5.41, 5.74) is 6.11. The Bertz CT molecular complexity index is 528. The first kappa shape index (κ1) is 81.4. The number of hydrogen-bond donors (Lipinski definition) is 2. The maximum atomic E-state index is 4.91. The third-order valence-corrected chi connectivity index (χ3v) is 4.52. The molecule has 0 spiro atoms. The van der Waals surface area contributed by atoms with Crippen molar-refractivity contribution >= 4 is 0 Å². The molecule has 3 unspecified atom stereocenters. The number of rotatable bonds is 0. The van der Waals surface area contributed by atoms with E-state index in [1.807, 2.05) is 0 Å². The first-order valence-corrected chi connectivity index (χ1v) is 7.89. The van der Waals surface area contributed by atoms with Gasteiger partial charge in [0.25, 0.3) is 0 Å². The van der Waals surface area contributed by atoms with E-state index < -0.39 is 0 Å². The molecule has 34 heavy (non-hydrogen) atoms. The van der Waals surface area contributed by atoms with Gasteiger partial charge < -0.3 is 29.9 Å². The topological polar surface area (TPSA) is 37.0 Å². The maximum Gasteiger partial charge on any atom is 0.0556 e. The summed E-state index contributed by atoms with van der Waals surface area (Å²) in [5.74, 6) is 0. The second kappa shape index (κ2) is 48.4. The van der Waals surface area contributed by atoms with Gasteiger partial charge in [0, 0.05) is 431 Å². The van der Waals surface area contributed by atoms with Gasteiger partial charge in [0.05, 0.1) is 5.69 Å². The van der Waals surface area contributed by atoms with Crippen LogP contribution in [0.15, 0.2) is 0 Å². The van der Waals surface area contributed by atoms with Crippen LogP contribution in [0, 0.1) is 40.2 Å². The number of nitrogens with one attached hydrogen (secondary N) is 2. The van der Waals surface area contributed by atoms with Crippen LogP contribution in [-0.4, -0.2) is 17.1 Å². The Labute approximate surface area is 537 Å².